The van der Waals surface area contributed by atoms with Gasteiger partial charge in [-0.15, -0.1) is 11.3 Å². The summed E-state index contributed by atoms with van der Waals surface area (Å²) in [6, 6.07) is 10.6. The highest BCUT2D eigenvalue weighted by atomic mass is 32.1. The van der Waals surface area contributed by atoms with Crippen molar-refractivity contribution in [3.05, 3.63) is 51.7 Å². The molecule has 1 unspecified atom stereocenters. The lowest BCUT2D eigenvalue weighted by atomic mass is 9.85. The maximum absolute atomic E-state index is 9.64. The molecule has 0 aliphatic heterocycles. The lowest BCUT2D eigenvalue weighted by molar-refractivity contribution is 0.394. The molecule has 0 saturated carbocycles. The molecule has 112 valence electrons. The number of aromatic hydroxyl groups is 1. The van der Waals surface area contributed by atoms with Crippen LogP contribution in [-0.4, -0.2) is 11.7 Å². The van der Waals surface area contributed by atoms with Gasteiger partial charge in [0.15, 0.2) is 0 Å². The quantitative estimate of drug-likeness (QED) is 0.877. The number of hydrogen-bond acceptors (Lipinski definition) is 3. The number of rotatable bonds is 4. The summed E-state index contributed by atoms with van der Waals surface area (Å²) < 4.78 is 0. The number of aryl methyl sites for hydroxylation is 1. The summed E-state index contributed by atoms with van der Waals surface area (Å²) in [4.78, 5) is 1.43. The van der Waals surface area contributed by atoms with Crippen molar-refractivity contribution in [2.75, 3.05) is 6.54 Å². The molecule has 2 nitrogen and oxygen atoms in total. The fourth-order valence-corrected chi connectivity index (χ4v) is 3.99. The molecule has 2 aromatic rings. The summed E-state index contributed by atoms with van der Waals surface area (Å²) in [6.45, 7) is 5.57. The van der Waals surface area contributed by atoms with Crippen molar-refractivity contribution < 1.29 is 5.11 Å². The van der Waals surface area contributed by atoms with Crippen molar-refractivity contribution >= 4 is 11.3 Å². The zero-order valence-electron chi connectivity index (χ0n) is 12.7. The molecule has 1 aromatic carbocycles. The molecule has 0 saturated heterocycles. The molecule has 3 heteroatoms. The summed E-state index contributed by atoms with van der Waals surface area (Å²) in [5.41, 5.74) is 2.82. The lowest BCUT2D eigenvalue weighted by Crippen LogP contribution is -2.36. The zero-order valence-corrected chi connectivity index (χ0v) is 13.5. The molecular formula is C18H23NOS. The van der Waals surface area contributed by atoms with Crippen LogP contribution in [0.4, 0.5) is 0 Å². The Morgan fingerprint density at radius 1 is 1.33 bits per heavy atom. The predicted molar refractivity (Wildman–Crippen MR) is 89.1 cm³/mol. The molecule has 1 aliphatic rings. The molecule has 0 spiro atoms. The first kappa shape index (κ1) is 14.6. The number of phenolic OH excluding ortho intramolecular Hbond substituents is 1. The topological polar surface area (TPSA) is 32.3 Å². The van der Waals surface area contributed by atoms with Crippen molar-refractivity contribution in [2.45, 2.75) is 44.6 Å². The van der Waals surface area contributed by atoms with Crippen LogP contribution in [0.2, 0.25) is 0 Å². The van der Waals surface area contributed by atoms with Gasteiger partial charge in [0, 0.05) is 22.9 Å². The number of phenols is 1. The normalized spacial score (nSPS) is 18.5. The zero-order chi connectivity index (χ0) is 14.9. The van der Waals surface area contributed by atoms with Crippen LogP contribution in [0, 0.1) is 0 Å². The largest absolute Gasteiger partial charge is 0.508 e. The van der Waals surface area contributed by atoms with E-state index < -0.39 is 0 Å². The monoisotopic (exact) mass is 301 g/mol. The second-order valence-electron chi connectivity index (χ2n) is 6.57. The molecule has 3 rings (SSSR count). The van der Waals surface area contributed by atoms with Gasteiger partial charge >= 0.3 is 0 Å². The highest BCUT2D eigenvalue weighted by Gasteiger charge is 2.25. The molecule has 0 amide bonds. The van der Waals surface area contributed by atoms with Crippen LogP contribution in [0.1, 0.15) is 48.7 Å². The molecule has 1 aliphatic carbocycles. The van der Waals surface area contributed by atoms with Crippen molar-refractivity contribution in [2.24, 2.45) is 0 Å². The minimum absolute atomic E-state index is 0.155. The Balaban J connectivity index is 1.72. The Labute approximate surface area is 130 Å². The van der Waals surface area contributed by atoms with E-state index in [0.717, 1.165) is 13.0 Å². The third kappa shape index (κ3) is 3.14. The molecular weight excluding hydrogens is 278 g/mol. The minimum Gasteiger partial charge on any atom is -0.508 e. The molecule has 0 radical (unpaired) electrons. The van der Waals surface area contributed by atoms with Gasteiger partial charge in [-0.2, -0.15) is 0 Å². The Kier molecular flexibility index (Phi) is 4.05. The predicted octanol–water partition coefficient (Wildman–Crippen LogP) is 4.40. The van der Waals surface area contributed by atoms with E-state index in [0.29, 0.717) is 11.8 Å². The van der Waals surface area contributed by atoms with Gasteiger partial charge in [0.25, 0.3) is 0 Å². The van der Waals surface area contributed by atoms with Crippen molar-refractivity contribution in [1.29, 1.82) is 0 Å². The van der Waals surface area contributed by atoms with Gasteiger partial charge in [0.2, 0.25) is 0 Å². The number of fused-ring (bicyclic) bond motifs is 1. The average molecular weight is 301 g/mol. The first-order valence-corrected chi connectivity index (χ1v) is 8.53. The molecule has 21 heavy (non-hydrogen) atoms. The number of nitrogens with one attached hydrogen (secondary N) is 1. The van der Waals surface area contributed by atoms with Crippen LogP contribution in [0.25, 0.3) is 0 Å². The van der Waals surface area contributed by atoms with E-state index in [1.807, 2.05) is 23.5 Å². The molecule has 1 aromatic heterocycles. The van der Waals surface area contributed by atoms with E-state index in [4.69, 9.17) is 0 Å². The molecule has 0 bridgehead atoms. The third-order valence-electron chi connectivity index (χ3n) is 4.42. The van der Waals surface area contributed by atoms with Gasteiger partial charge < -0.3 is 10.4 Å². The van der Waals surface area contributed by atoms with Gasteiger partial charge in [0.1, 0.15) is 5.75 Å². The second-order valence-corrected chi connectivity index (χ2v) is 7.52. The summed E-state index contributed by atoms with van der Waals surface area (Å²) in [6.07, 6.45) is 3.45. The van der Waals surface area contributed by atoms with E-state index in [9.17, 15) is 5.11 Å². The Morgan fingerprint density at radius 2 is 2.19 bits per heavy atom. The SMILES string of the molecule is CC(C)(CNC1CCCc2cc(O)ccc21)c1cccs1. The van der Waals surface area contributed by atoms with Crippen LogP contribution in [0.15, 0.2) is 35.7 Å². The second kappa shape index (κ2) is 5.82. The van der Waals surface area contributed by atoms with Crippen LogP contribution < -0.4 is 5.32 Å². The van der Waals surface area contributed by atoms with E-state index in [-0.39, 0.29) is 5.41 Å². The molecule has 0 fully saturated rings. The van der Waals surface area contributed by atoms with Crippen molar-refractivity contribution in [1.82, 2.24) is 5.32 Å². The summed E-state index contributed by atoms with van der Waals surface area (Å²) >= 11 is 1.83. The number of benzene rings is 1. The Hall–Kier alpha value is -1.32. The highest BCUT2D eigenvalue weighted by Crippen LogP contribution is 2.33. The van der Waals surface area contributed by atoms with Gasteiger partial charge in [-0.3, -0.25) is 0 Å². The number of hydrogen-bond donors (Lipinski definition) is 2. The highest BCUT2D eigenvalue weighted by molar-refractivity contribution is 7.10. The fraction of sp³-hybridized carbons (Fsp3) is 0.444. The molecule has 1 atom stereocenters. The third-order valence-corrected chi connectivity index (χ3v) is 5.66. The van der Waals surface area contributed by atoms with Crippen molar-refractivity contribution in [3.63, 3.8) is 0 Å². The Bertz CT molecular complexity index is 604. The van der Waals surface area contributed by atoms with Gasteiger partial charge in [-0.05, 0) is 54.0 Å². The minimum atomic E-state index is 0.155. The summed E-state index contributed by atoms with van der Waals surface area (Å²) in [7, 11) is 0. The first-order chi connectivity index (χ1) is 10.1. The van der Waals surface area contributed by atoms with E-state index >= 15 is 0 Å². The van der Waals surface area contributed by atoms with Gasteiger partial charge in [-0.1, -0.05) is 26.0 Å². The maximum Gasteiger partial charge on any atom is 0.115 e. The van der Waals surface area contributed by atoms with E-state index in [1.165, 1.54) is 28.8 Å². The van der Waals surface area contributed by atoms with Crippen molar-refractivity contribution in [3.8, 4) is 5.75 Å². The Morgan fingerprint density at radius 3 is 2.95 bits per heavy atom. The fourth-order valence-electron chi connectivity index (χ4n) is 3.14. The first-order valence-electron chi connectivity index (χ1n) is 7.65. The molecule has 2 N–H and O–H groups in total. The van der Waals surface area contributed by atoms with Crippen LogP contribution in [0.3, 0.4) is 0 Å². The molecule has 1 heterocycles. The summed E-state index contributed by atoms with van der Waals surface area (Å²) in [5.74, 6) is 0.383. The maximum atomic E-state index is 9.64. The number of thiophene rings is 1. The van der Waals surface area contributed by atoms with Crippen LogP contribution >= 0.6 is 11.3 Å². The van der Waals surface area contributed by atoms with E-state index in [2.05, 4.69) is 42.7 Å². The smallest absolute Gasteiger partial charge is 0.115 e. The van der Waals surface area contributed by atoms with E-state index in [1.54, 1.807) is 0 Å². The average Bonchev–Trinajstić information content (AvgIpc) is 2.99. The lowest BCUT2D eigenvalue weighted by Gasteiger charge is -2.31. The summed E-state index contributed by atoms with van der Waals surface area (Å²) in [5, 5.41) is 15.5. The standard InChI is InChI=1S/C18H23NOS/c1-18(2,17-7-4-10-21-17)12-19-16-6-3-5-13-11-14(20)8-9-15(13)16/h4,7-11,16,19-20H,3,5-6,12H2,1-2H3. The van der Waals surface area contributed by atoms with Crippen LogP contribution in [0.5, 0.6) is 5.75 Å². The van der Waals surface area contributed by atoms with Gasteiger partial charge in [-0.25, -0.2) is 0 Å². The van der Waals surface area contributed by atoms with Gasteiger partial charge in [0.05, 0.1) is 0 Å². The van der Waals surface area contributed by atoms with Crippen LogP contribution in [-0.2, 0) is 11.8 Å².